The topological polar surface area (TPSA) is 73.0 Å². The monoisotopic (exact) mass is 397 g/mol. The lowest BCUT2D eigenvalue weighted by atomic mass is 10.0. The average Bonchev–Trinajstić information content (AvgIpc) is 3.31. The van der Waals surface area contributed by atoms with Crippen LogP contribution in [0.25, 0.3) is 11.3 Å². The van der Waals surface area contributed by atoms with E-state index in [-0.39, 0.29) is 17.5 Å². The first-order valence-electron chi connectivity index (χ1n) is 9.39. The molecule has 8 heteroatoms. The smallest absolute Gasteiger partial charge is 0.267 e. The first-order valence-corrected chi connectivity index (χ1v) is 10.3. The van der Waals surface area contributed by atoms with Gasteiger partial charge in [0.05, 0.1) is 22.3 Å². The van der Waals surface area contributed by atoms with Gasteiger partial charge in [0, 0.05) is 37.5 Å². The van der Waals surface area contributed by atoms with Gasteiger partial charge >= 0.3 is 0 Å². The molecule has 146 valence electrons. The SMILES string of the molecule is Cc1nn(C)c(C)c1-c1ccc(=O)n(C2CCN(C(=O)c3cccs3)CC2)n1. The van der Waals surface area contributed by atoms with Crippen LogP contribution in [-0.4, -0.2) is 43.5 Å². The number of nitrogens with zero attached hydrogens (tertiary/aromatic N) is 5. The second-order valence-corrected chi connectivity index (χ2v) is 8.12. The van der Waals surface area contributed by atoms with Crippen LogP contribution in [0.2, 0.25) is 0 Å². The number of piperidine rings is 1. The molecule has 3 aromatic heterocycles. The number of aromatic nitrogens is 4. The summed E-state index contributed by atoms with van der Waals surface area (Å²) in [5.74, 6) is 0.0733. The van der Waals surface area contributed by atoms with E-state index < -0.39 is 0 Å². The van der Waals surface area contributed by atoms with Crippen LogP contribution in [0.15, 0.2) is 34.4 Å². The molecule has 0 bridgehead atoms. The second kappa shape index (κ2) is 7.35. The third-order valence-electron chi connectivity index (χ3n) is 5.42. The molecule has 0 N–H and O–H groups in total. The fraction of sp³-hybridized carbons (Fsp3) is 0.400. The summed E-state index contributed by atoms with van der Waals surface area (Å²) in [4.78, 5) is 27.6. The van der Waals surface area contributed by atoms with Gasteiger partial charge in [-0.05, 0) is 44.2 Å². The lowest BCUT2D eigenvalue weighted by Crippen LogP contribution is -2.41. The van der Waals surface area contributed by atoms with Gasteiger partial charge in [-0.1, -0.05) is 6.07 Å². The molecule has 0 atom stereocenters. The highest BCUT2D eigenvalue weighted by atomic mass is 32.1. The molecular formula is C20H23N5O2S. The molecule has 1 saturated heterocycles. The lowest BCUT2D eigenvalue weighted by Gasteiger charge is -2.32. The van der Waals surface area contributed by atoms with Crippen LogP contribution in [0.4, 0.5) is 0 Å². The summed E-state index contributed by atoms with van der Waals surface area (Å²) in [7, 11) is 1.90. The number of carbonyl (C=O) groups is 1. The van der Waals surface area contributed by atoms with E-state index in [9.17, 15) is 9.59 Å². The predicted molar refractivity (Wildman–Crippen MR) is 109 cm³/mol. The standard InChI is InChI=1S/C20H23N5O2S/c1-13-19(14(2)23(3)21-13)16-6-7-18(26)25(22-16)15-8-10-24(11-9-15)20(27)17-5-4-12-28-17/h4-7,12,15H,8-11H2,1-3H3. The van der Waals surface area contributed by atoms with E-state index in [1.807, 2.05) is 48.0 Å². The molecule has 0 saturated carbocycles. The molecule has 1 amide bonds. The van der Waals surface area contributed by atoms with Gasteiger partial charge in [-0.15, -0.1) is 11.3 Å². The van der Waals surface area contributed by atoms with Gasteiger partial charge in [-0.2, -0.15) is 10.2 Å². The Bertz CT molecular complexity index is 1060. The van der Waals surface area contributed by atoms with Crippen molar-refractivity contribution >= 4 is 17.2 Å². The van der Waals surface area contributed by atoms with E-state index in [1.54, 1.807) is 16.8 Å². The van der Waals surface area contributed by atoms with Crippen molar-refractivity contribution < 1.29 is 4.79 Å². The van der Waals surface area contributed by atoms with Crippen LogP contribution in [0.3, 0.4) is 0 Å². The molecule has 0 spiro atoms. The molecule has 0 aliphatic carbocycles. The van der Waals surface area contributed by atoms with E-state index >= 15 is 0 Å². The van der Waals surface area contributed by atoms with Gasteiger partial charge in [0.15, 0.2) is 0 Å². The van der Waals surface area contributed by atoms with E-state index in [2.05, 4.69) is 10.2 Å². The Morgan fingerprint density at radius 2 is 1.89 bits per heavy atom. The van der Waals surface area contributed by atoms with Crippen LogP contribution in [0.1, 0.15) is 39.9 Å². The minimum atomic E-state index is -0.106. The highest BCUT2D eigenvalue weighted by Gasteiger charge is 2.26. The summed E-state index contributed by atoms with van der Waals surface area (Å²) in [6, 6.07) is 7.09. The van der Waals surface area contributed by atoms with Crippen LogP contribution >= 0.6 is 11.3 Å². The summed E-state index contributed by atoms with van der Waals surface area (Å²) in [6.45, 7) is 5.21. The van der Waals surface area contributed by atoms with Crippen LogP contribution in [0.5, 0.6) is 0 Å². The Hall–Kier alpha value is -2.74. The van der Waals surface area contributed by atoms with Crippen molar-refractivity contribution in [3.8, 4) is 11.3 Å². The fourth-order valence-electron chi connectivity index (χ4n) is 3.83. The second-order valence-electron chi connectivity index (χ2n) is 7.17. The number of amides is 1. The number of hydrogen-bond donors (Lipinski definition) is 0. The zero-order valence-corrected chi connectivity index (χ0v) is 17.1. The maximum Gasteiger partial charge on any atom is 0.267 e. The summed E-state index contributed by atoms with van der Waals surface area (Å²) in [5.41, 5.74) is 3.55. The third-order valence-corrected chi connectivity index (χ3v) is 6.28. The minimum Gasteiger partial charge on any atom is -0.338 e. The van der Waals surface area contributed by atoms with Gasteiger partial charge in [-0.3, -0.25) is 14.3 Å². The van der Waals surface area contributed by atoms with Crippen LogP contribution in [-0.2, 0) is 7.05 Å². The number of hydrogen-bond acceptors (Lipinski definition) is 5. The van der Waals surface area contributed by atoms with Crippen LogP contribution in [0, 0.1) is 13.8 Å². The van der Waals surface area contributed by atoms with Gasteiger partial charge in [0.1, 0.15) is 0 Å². The molecule has 0 radical (unpaired) electrons. The van der Waals surface area contributed by atoms with Gasteiger partial charge in [0.25, 0.3) is 11.5 Å². The van der Waals surface area contributed by atoms with Crippen molar-refractivity contribution in [3.05, 3.63) is 56.3 Å². The maximum absolute atomic E-state index is 12.5. The Morgan fingerprint density at radius 1 is 1.14 bits per heavy atom. The number of thiophene rings is 1. The quantitative estimate of drug-likeness (QED) is 0.681. The maximum atomic E-state index is 12.5. The summed E-state index contributed by atoms with van der Waals surface area (Å²) >= 11 is 1.46. The number of likely N-dealkylation sites (tertiary alicyclic amines) is 1. The predicted octanol–water partition coefficient (Wildman–Crippen LogP) is 2.80. The Morgan fingerprint density at radius 3 is 2.50 bits per heavy atom. The zero-order valence-electron chi connectivity index (χ0n) is 16.3. The lowest BCUT2D eigenvalue weighted by molar-refractivity contribution is 0.0693. The van der Waals surface area contributed by atoms with Crippen molar-refractivity contribution in [2.24, 2.45) is 7.05 Å². The summed E-state index contributed by atoms with van der Waals surface area (Å²) < 4.78 is 3.42. The van der Waals surface area contributed by atoms with Crippen molar-refractivity contribution in [3.63, 3.8) is 0 Å². The van der Waals surface area contributed by atoms with Gasteiger partial charge in [-0.25, -0.2) is 4.68 Å². The Labute approximate surface area is 167 Å². The average molecular weight is 398 g/mol. The first kappa shape index (κ1) is 18.6. The van der Waals surface area contributed by atoms with Crippen molar-refractivity contribution in [1.29, 1.82) is 0 Å². The third kappa shape index (κ3) is 3.28. The highest BCUT2D eigenvalue weighted by molar-refractivity contribution is 7.12. The van der Waals surface area contributed by atoms with Crippen molar-refractivity contribution in [2.45, 2.75) is 32.7 Å². The number of rotatable bonds is 3. The number of carbonyl (C=O) groups excluding carboxylic acids is 1. The summed E-state index contributed by atoms with van der Waals surface area (Å²) in [6.07, 6.45) is 1.44. The number of aryl methyl sites for hydroxylation is 2. The van der Waals surface area contributed by atoms with Gasteiger partial charge < -0.3 is 4.90 Å². The molecule has 1 aliphatic heterocycles. The molecule has 1 aliphatic rings. The minimum absolute atomic E-state index is 0.00267. The molecule has 4 heterocycles. The molecule has 3 aromatic rings. The largest absolute Gasteiger partial charge is 0.338 e. The van der Waals surface area contributed by atoms with E-state index in [0.717, 1.165) is 40.4 Å². The Kier molecular flexibility index (Phi) is 4.89. The van der Waals surface area contributed by atoms with E-state index in [0.29, 0.717) is 13.1 Å². The molecule has 0 aromatic carbocycles. The van der Waals surface area contributed by atoms with Gasteiger partial charge in [0.2, 0.25) is 0 Å². The molecule has 28 heavy (non-hydrogen) atoms. The molecule has 1 fully saturated rings. The fourth-order valence-corrected chi connectivity index (χ4v) is 4.52. The molecule has 7 nitrogen and oxygen atoms in total. The van der Waals surface area contributed by atoms with E-state index in [1.165, 1.54) is 11.3 Å². The van der Waals surface area contributed by atoms with Crippen molar-refractivity contribution in [2.75, 3.05) is 13.1 Å². The summed E-state index contributed by atoms with van der Waals surface area (Å²) in [5, 5.41) is 11.0. The first-order chi connectivity index (χ1) is 13.5. The van der Waals surface area contributed by atoms with Crippen molar-refractivity contribution in [1.82, 2.24) is 24.5 Å². The normalized spacial score (nSPS) is 15.2. The highest BCUT2D eigenvalue weighted by Crippen LogP contribution is 2.26. The van der Waals surface area contributed by atoms with Crippen LogP contribution < -0.4 is 5.56 Å². The Balaban J connectivity index is 1.56. The zero-order chi connectivity index (χ0) is 19.8. The molecular weight excluding hydrogens is 374 g/mol. The van der Waals surface area contributed by atoms with E-state index in [4.69, 9.17) is 0 Å². The molecule has 4 rings (SSSR count). The molecule has 0 unspecified atom stereocenters.